The van der Waals surface area contributed by atoms with Crippen LogP contribution in [0.2, 0.25) is 0 Å². The summed E-state index contributed by atoms with van der Waals surface area (Å²) in [6.45, 7) is 0. The molecule has 1 heterocycles. The highest BCUT2D eigenvalue weighted by Gasteiger charge is 2.21. The van der Waals surface area contributed by atoms with E-state index in [0.717, 1.165) is 112 Å². The maximum absolute atomic E-state index is 9.82. The molecule has 0 radical (unpaired) electrons. The van der Waals surface area contributed by atoms with E-state index in [2.05, 4.69) is 386 Å². The van der Waals surface area contributed by atoms with E-state index >= 15 is 0 Å². The van der Waals surface area contributed by atoms with E-state index in [1.54, 1.807) is 6.08 Å². The van der Waals surface area contributed by atoms with E-state index < -0.39 is 0 Å². The molecule has 0 unspecified atom stereocenters. The monoisotopic (exact) mass is 1360 g/mol. The molecule has 0 N–H and O–H groups in total. The first-order valence-electron chi connectivity index (χ1n) is 35.6. The fourth-order valence-corrected chi connectivity index (χ4v) is 13.8. The van der Waals surface area contributed by atoms with Crippen LogP contribution in [0.4, 0.5) is 34.1 Å². The van der Waals surface area contributed by atoms with E-state index in [9.17, 15) is 10.5 Å². The number of hydrogen-bond acceptors (Lipinski definition) is 5. The number of para-hydroxylation sites is 2. The lowest BCUT2D eigenvalue weighted by Crippen LogP contribution is -2.09. The van der Waals surface area contributed by atoms with Crippen molar-refractivity contribution >= 4 is 68.6 Å². The van der Waals surface area contributed by atoms with Crippen LogP contribution in [0, 0.1) is 28.6 Å². The molecule has 106 heavy (non-hydrogen) atoms. The Morgan fingerprint density at radius 3 is 0.717 bits per heavy atom. The molecule has 0 saturated heterocycles. The average molecular weight is 1360 g/mol. The molecule has 15 rings (SSSR count). The lowest BCUT2D eigenvalue weighted by Gasteiger charge is -2.26. The van der Waals surface area contributed by atoms with Gasteiger partial charge in [-0.1, -0.05) is 328 Å². The van der Waals surface area contributed by atoms with Crippen molar-refractivity contribution in [2.24, 2.45) is 5.92 Å². The van der Waals surface area contributed by atoms with E-state index in [1.807, 2.05) is 60.7 Å². The number of nitriles is 2. The number of benzene rings is 14. The zero-order valence-electron chi connectivity index (χ0n) is 58.3. The fraction of sp³-hybridized carbons (Fsp3) is 0.00990. The molecule has 0 aromatic heterocycles. The van der Waals surface area contributed by atoms with Crippen molar-refractivity contribution < 1.29 is 4.74 Å². The summed E-state index contributed by atoms with van der Waals surface area (Å²) in [5, 5.41) is 19.6. The molecule has 14 aromatic rings. The van der Waals surface area contributed by atoms with Crippen molar-refractivity contribution in [3.63, 3.8) is 0 Å². The molecule has 0 fully saturated rings. The Morgan fingerprint density at radius 2 is 0.462 bits per heavy atom. The molecule has 0 atom stereocenters. The van der Waals surface area contributed by atoms with Gasteiger partial charge in [0.2, 0.25) is 0 Å². The summed E-state index contributed by atoms with van der Waals surface area (Å²) in [6, 6.07) is 141. The minimum atomic E-state index is -0.368. The number of ether oxygens (including phenoxy) is 1. The van der Waals surface area contributed by atoms with Crippen LogP contribution >= 0.6 is 0 Å². The van der Waals surface area contributed by atoms with Crippen molar-refractivity contribution in [3.8, 4) is 34.4 Å². The van der Waals surface area contributed by atoms with Crippen LogP contribution in [0.5, 0.6) is 0 Å². The highest BCUT2D eigenvalue weighted by Crippen LogP contribution is 2.43. The van der Waals surface area contributed by atoms with Crippen molar-refractivity contribution in [3.05, 3.63) is 491 Å². The standard InChI is InChI=1S/C101H72N4O/c102-72-77(73-103)69-76-70-96(67-45-74-41-59-92(60-42-74)104(90-37-21-7-22-38-90)94-63-55-80(56-64-94)78-47-51-88(52-48-78)100(86-33-17-5-18-34-86)98(82-25-9-1-10-26-82)83-27-11-2-12-28-83)106-97(71-76)68-46-75-43-61-93(62-44-75)105(91-39-23-8-24-40-91)95-65-57-81(58-66-95)79-49-53-89(54-50-79)101(87-35-19-6-20-36-87)99(84-29-13-3-14-30-84)85-31-15-4-16-32-85/h1-71,76H/b67-45+,68-46+. The smallest absolute Gasteiger partial charge is 0.126 e. The largest absolute Gasteiger partial charge is 0.458 e. The van der Waals surface area contributed by atoms with Crippen LogP contribution in [-0.2, 0) is 4.74 Å². The van der Waals surface area contributed by atoms with Gasteiger partial charge >= 0.3 is 0 Å². The van der Waals surface area contributed by atoms with Crippen molar-refractivity contribution in [2.75, 3.05) is 9.80 Å². The van der Waals surface area contributed by atoms with Crippen LogP contribution in [0.1, 0.15) is 55.6 Å². The second kappa shape index (κ2) is 32.5. The van der Waals surface area contributed by atoms with Crippen LogP contribution in [0.25, 0.3) is 56.7 Å². The van der Waals surface area contributed by atoms with E-state index in [1.165, 1.54) is 22.3 Å². The van der Waals surface area contributed by atoms with Gasteiger partial charge in [0.05, 0.1) is 0 Å². The highest BCUT2D eigenvalue weighted by molar-refractivity contribution is 6.06. The Balaban J connectivity index is 0.644. The SMILES string of the molecule is N#CC(C#N)=CC1C=C(/C=C/c2ccc(N(c3ccccc3)c3ccc(-c4ccc(C(=C(c5ccccc5)c5ccccc5)c5ccccc5)cc4)cc3)cc2)OC(/C=C/c2ccc(N(c3ccccc3)c3ccc(-c4ccc(C(=C(c5ccccc5)c5ccccc5)c5ccccc5)cc4)cc3)cc2)=C1. The van der Waals surface area contributed by atoms with Gasteiger partial charge in [-0.3, -0.25) is 0 Å². The van der Waals surface area contributed by atoms with Gasteiger partial charge in [0.25, 0.3) is 0 Å². The molecule has 0 amide bonds. The fourth-order valence-electron chi connectivity index (χ4n) is 13.8. The van der Waals surface area contributed by atoms with Gasteiger partial charge in [-0.2, -0.15) is 10.5 Å². The van der Waals surface area contributed by atoms with Crippen LogP contribution in [0.3, 0.4) is 0 Å². The number of nitrogens with zero attached hydrogens (tertiary/aromatic N) is 4. The number of allylic oxidation sites excluding steroid dienone is 6. The molecule has 0 bridgehead atoms. The average Bonchev–Trinajstić information content (AvgIpc) is 0.793. The topological polar surface area (TPSA) is 63.3 Å². The van der Waals surface area contributed by atoms with Gasteiger partial charge in [0, 0.05) is 40.0 Å². The first-order valence-corrected chi connectivity index (χ1v) is 35.6. The van der Waals surface area contributed by atoms with Crippen molar-refractivity contribution in [2.45, 2.75) is 0 Å². The molecular formula is C101H72N4O. The number of rotatable bonds is 21. The summed E-state index contributed by atoms with van der Waals surface area (Å²) in [7, 11) is 0. The number of anilines is 6. The molecule has 5 heteroatoms. The zero-order chi connectivity index (χ0) is 71.6. The quantitative estimate of drug-likeness (QED) is 0.0530. The summed E-state index contributed by atoms with van der Waals surface area (Å²) in [5.74, 6) is 0.805. The minimum absolute atomic E-state index is 0.0290. The highest BCUT2D eigenvalue weighted by atomic mass is 16.5. The molecular weight excluding hydrogens is 1290 g/mol. The zero-order valence-corrected chi connectivity index (χ0v) is 58.3. The minimum Gasteiger partial charge on any atom is -0.458 e. The molecule has 502 valence electrons. The third-order valence-electron chi connectivity index (χ3n) is 18.9. The Morgan fingerprint density at radius 1 is 0.245 bits per heavy atom. The van der Waals surface area contributed by atoms with Gasteiger partial charge < -0.3 is 14.5 Å². The van der Waals surface area contributed by atoms with Crippen molar-refractivity contribution in [1.82, 2.24) is 0 Å². The first kappa shape index (κ1) is 67.5. The lowest BCUT2D eigenvalue weighted by atomic mass is 9.85. The van der Waals surface area contributed by atoms with E-state index in [0.29, 0.717) is 11.5 Å². The maximum Gasteiger partial charge on any atom is 0.126 e. The second-order valence-corrected chi connectivity index (χ2v) is 25.8. The summed E-state index contributed by atoms with van der Waals surface area (Å²) in [5.41, 5.74) is 26.5. The first-order chi connectivity index (χ1) is 52.5. The van der Waals surface area contributed by atoms with Crippen LogP contribution in [0.15, 0.2) is 436 Å². The second-order valence-electron chi connectivity index (χ2n) is 25.8. The predicted octanol–water partition coefficient (Wildman–Crippen LogP) is 26.1. The summed E-state index contributed by atoms with van der Waals surface area (Å²) in [6.07, 6.45) is 13.4. The molecule has 0 spiro atoms. The summed E-state index contributed by atoms with van der Waals surface area (Å²) >= 11 is 0. The normalized spacial score (nSPS) is 11.8. The third-order valence-corrected chi connectivity index (χ3v) is 18.9. The molecule has 5 nitrogen and oxygen atoms in total. The van der Waals surface area contributed by atoms with Crippen LogP contribution in [-0.4, -0.2) is 0 Å². The van der Waals surface area contributed by atoms with Crippen molar-refractivity contribution in [1.29, 1.82) is 10.5 Å². The summed E-state index contributed by atoms with van der Waals surface area (Å²) < 4.78 is 6.53. The molecule has 1 aliphatic rings. The molecule has 14 aromatic carbocycles. The van der Waals surface area contributed by atoms with Gasteiger partial charge in [-0.15, -0.1) is 0 Å². The molecule has 1 aliphatic heterocycles. The lowest BCUT2D eigenvalue weighted by molar-refractivity contribution is 0.323. The third kappa shape index (κ3) is 15.7. The van der Waals surface area contributed by atoms with Gasteiger partial charge in [-0.25, -0.2) is 0 Å². The van der Waals surface area contributed by atoms with E-state index in [4.69, 9.17) is 4.74 Å². The number of hydrogen-bond donors (Lipinski definition) is 0. The Hall–Kier alpha value is -14.4. The van der Waals surface area contributed by atoms with Gasteiger partial charge in [0.15, 0.2) is 0 Å². The Labute approximate surface area is 621 Å². The molecule has 0 saturated carbocycles. The van der Waals surface area contributed by atoms with Gasteiger partial charge in [-0.05, 0) is 203 Å². The Kier molecular flexibility index (Phi) is 20.7. The maximum atomic E-state index is 9.82. The molecule has 0 aliphatic carbocycles. The Bertz CT molecular complexity index is 5190. The van der Waals surface area contributed by atoms with E-state index in [-0.39, 0.29) is 11.5 Å². The predicted molar refractivity (Wildman–Crippen MR) is 440 cm³/mol. The van der Waals surface area contributed by atoms with Crippen LogP contribution < -0.4 is 9.80 Å². The van der Waals surface area contributed by atoms with Gasteiger partial charge in [0.1, 0.15) is 29.2 Å². The summed E-state index contributed by atoms with van der Waals surface area (Å²) in [4.78, 5) is 4.53.